The molecule has 19 heavy (non-hydrogen) atoms. The van der Waals surface area contributed by atoms with Crippen molar-refractivity contribution in [2.75, 3.05) is 5.73 Å². The SMILES string of the molecule is CCc1cnc(CNC(=O)c2n[nH]c(CC)c2N)s1. The molecule has 0 aliphatic heterocycles. The molecule has 0 aliphatic carbocycles. The highest BCUT2D eigenvalue weighted by Crippen LogP contribution is 2.15. The minimum absolute atomic E-state index is 0.254. The summed E-state index contributed by atoms with van der Waals surface area (Å²) in [6, 6.07) is 0. The van der Waals surface area contributed by atoms with E-state index in [1.54, 1.807) is 11.3 Å². The summed E-state index contributed by atoms with van der Waals surface area (Å²) in [5.74, 6) is -0.276. The van der Waals surface area contributed by atoms with Crippen molar-refractivity contribution < 1.29 is 4.79 Å². The fraction of sp³-hybridized carbons (Fsp3) is 0.417. The Kier molecular flexibility index (Phi) is 4.16. The van der Waals surface area contributed by atoms with Gasteiger partial charge in [0, 0.05) is 11.1 Å². The molecule has 0 fully saturated rings. The lowest BCUT2D eigenvalue weighted by Gasteiger charge is -2.01. The molecule has 0 aromatic carbocycles. The number of carbonyl (C=O) groups is 1. The highest BCUT2D eigenvalue weighted by molar-refractivity contribution is 7.11. The van der Waals surface area contributed by atoms with Crippen LogP contribution in [0.15, 0.2) is 6.20 Å². The second-order valence-corrected chi connectivity index (χ2v) is 5.27. The highest BCUT2D eigenvalue weighted by Gasteiger charge is 2.16. The van der Waals surface area contributed by atoms with Gasteiger partial charge in [-0.3, -0.25) is 9.89 Å². The average Bonchev–Trinajstić information content (AvgIpc) is 3.02. The zero-order chi connectivity index (χ0) is 13.8. The summed E-state index contributed by atoms with van der Waals surface area (Å²) in [5, 5.41) is 10.4. The van der Waals surface area contributed by atoms with Gasteiger partial charge in [-0.05, 0) is 12.8 Å². The first-order chi connectivity index (χ1) is 9.15. The molecule has 2 heterocycles. The number of hydrogen-bond donors (Lipinski definition) is 3. The molecule has 4 N–H and O–H groups in total. The summed E-state index contributed by atoms with van der Waals surface area (Å²) in [4.78, 5) is 17.4. The van der Waals surface area contributed by atoms with E-state index in [1.165, 1.54) is 4.88 Å². The summed E-state index contributed by atoms with van der Waals surface area (Å²) >= 11 is 1.60. The number of aryl methyl sites for hydroxylation is 2. The Morgan fingerprint density at radius 2 is 2.26 bits per heavy atom. The van der Waals surface area contributed by atoms with Gasteiger partial charge in [-0.1, -0.05) is 13.8 Å². The van der Waals surface area contributed by atoms with Crippen molar-refractivity contribution in [2.45, 2.75) is 33.2 Å². The number of carbonyl (C=O) groups excluding carboxylic acids is 1. The van der Waals surface area contributed by atoms with Gasteiger partial charge in [0.1, 0.15) is 5.01 Å². The molecule has 7 heteroatoms. The van der Waals surface area contributed by atoms with Crippen molar-refractivity contribution in [3.63, 3.8) is 0 Å². The normalized spacial score (nSPS) is 10.6. The molecule has 2 aromatic rings. The van der Waals surface area contributed by atoms with Crippen LogP contribution in [0.5, 0.6) is 0 Å². The van der Waals surface area contributed by atoms with Gasteiger partial charge in [0.15, 0.2) is 5.69 Å². The second-order valence-electron chi connectivity index (χ2n) is 4.07. The van der Waals surface area contributed by atoms with Crippen LogP contribution < -0.4 is 11.1 Å². The van der Waals surface area contributed by atoms with E-state index < -0.39 is 0 Å². The molecule has 0 aliphatic rings. The van der Waals surface area contributed by atoms with Gasteiger partial charge in [-0.15, -0.1) is 11.3 Å². The van der Waals surface area contributed by atoms with Crippen LogP contribution in [-0.2, 0) is 19.4 Å². The maximum atomic E-state index is 11.9. The smallest absolute Gasteiger partial charge is 0.274 e. The fourth-order valence-electron chi connectivity index (χ4n) is 1.66. The number of thiazole rings is 1. The predicted octanol–water partition coefficient (Wildman–Crippen LogP) is 1.50. The molecular weight excluding hydrogens is 262 g/mol. The minimum Gasteiger partial charge on any atom is -0.395 e. The van der Waals surface area contributed by atoms with Gasteiger partial charge in [0.2, 0.25) is 0 Å². The molecule has 0 atom stereocenters. The van der Waals surface area contributed by atoms with Gasteiger partial charge in [-0.2, -0.15) is 5.10 Å². The van der Waals surface area contributed by atoms with Crippen molar-refractivity contribution in [1.29, 1.82) is 0 Å². The Balaban J connectivity index is 1.99. The topological polar surface area (TPSA) is 96.7 Å². The maximum Gasteiger partial charge on any atom is 0.274 e. The largest absolute Gasteiger partial charge is 0.395 e. The van der Waals surface area contributed by atoms with E-state index in [9.17, 15) is 4.79 Å². The first-order valence-electron chi connectivity index (χ1n) is 6.20. The van der Waals surface area contributed by atoms with Crippen LogP contribution in [0.4, 0.5) is 5.69 Å². The maximum absolute atomic E-state index is 11.9. The van der Waals surface area contributed by atoms with Crippen LogP contribution in [-0.4, -0.2) is 21.1 Å². The van der Waals surface area contributed by atoms with Crippen LogP contribution in [0, 0.1) is 0 Å². The Morgan fingerprint density at radius 3 is 2.84 bits per heavy atom. The summed E-state index contributed by atoms with van der Waals surface area (Å²) in [6.45, 7) is 4.43. The lowest BCUT2D eigenvalue weighted by molar-refractivity contribution is 0.0946. The number of nitrogen functional groups attached to an aromatic ring is 1. The minimum atomic E-state index is -0.276. The Morgan fingerprint density at radius 1 is 1.47 bits per heavy atom. The monoisotopic (exact) mass is 279 g/mol. The third-order valence-corrected chi connectivity index (χ3v) is 3.94. The van der Waals surface area contributed by atoms with Crippen molar-refractivity contribution in [2.24, 2.45) is 0 Å². The number of aromatic nitrogens is 3. The zero-order valence-electron chi connectivity index (χ0n) is 11.0. The average molecular weight is 279 g/mol. The number of nitrogens with one attached hydrogen (secondary N) is 2. The van der Waals surface area contributed by atoms with E-state index >= 15 is 0 Å². The molecule has 0 saturated carbocycles. The predicted molar refractivity (Wildman–Crippen MR) is 75.0 cm³/mol. The van der Waals surface area contributed by atoms with Crippen LogP contribution in [0.2, 0.25) is 0 Å². The van der Waals surface area contributed by atoms with Gasteiger partial charge in [-0.25, -0.2) is 4.98 Å². The number of nitrogens with zero attached hydrogens (tertiary/aromatic N) is 2. The number of anilines is 1. The molecule has 1 amide bonds. The molecule has 2 rings (SSSR count). The molecule has 0 radical (unpaired) electrons. The van der Waals surface area contributed by atoms with E-state index in [0.29, 0.717) is 12.2 Å². The number of H-pyrrole nitrogens is 1. The molecule has 6 nitrogen and oxygen atoms in total. The molecule has 2 aromatic heterocycles. The van der Waals surface area contributed by atoms with E-state index in [-0.39, 0.29) is 11.6 Å². The highest BCUT2D eigenvalue weighted by atomic mass is 32.1. The molecule has 0 saturated heterocycles. The first kappa shape index (κ1) is 13.5. The van der Waals surface area contributed by atoms with Crippen molar-refractivity contribution in [1.82, 2.24) is 20.5 Å². The van der Waals surface area contributed by atoms with Gasteiger partial charge in [0.05, 0.1) is 17.9 Å². The lowest BCUT2D eigenvalue weighted by Crippen LogP contribution is -2.24. The number of rotatable bonds is 5. The first-order valence-corrected chi connectivity index (χ1v) is 7.01. The number of nitrogens with two attached hydrogens (primary N) is 1. The van der Waals surface area contributed by atoms with Gasteiger partial charge < -0.3 is 11.1 Å². The Bertz CT molecular complexity index is 574. The van der Waals surface area contributed by atoms with Gasteiger partial charge in [0.25, 0.3) is 5.91 Å². The van der Waals surface area contributed by atoms with Gasteiger partial charge >= 0.3 is 0 Å². The summed E-state index contributed by atoms with van der Waals surface area (Å²) in [5.41, 5.74) is 7.30. The summed E-state index contributed by atoms with van der Waals surface area (Å²) < 4.78 is 0. The van der Waals surface area contributed by atoms with Crippen LogP contribution in [0.1, 0.15) is 39.9 Å². The number of amides is 1. The summed E-state index contributed by atoms with van der Waals surface area (Å²) in [7, 11) is 0. The summed E-state index contributed by atoms with van der Waals surface area (Å²) in [6.07, 6.45) is 3.51. The second kappa shape index (κ2) is 5.83. The van der Waals surface area contributed by atoms with E-state index in [4.69, 9.17) is 5.73 Å². The molecule has 0 unspecified atom stereocenters. The van der Waals surface area contributed by atoms with Crippen molar-refractivity contribution in [3.8, 4) is 0 Å². The molecule has 0 spiro atoms. The van der Waals surface area contributed by atoms with E-state index in [1.807, 2.05) is 13.1 Å². The molecular formula is C12H17N5OS. The Hall–Kier alpha value is -1.89. The number of hydrogen-bond acceptors (Lipinski definition) is 5. The van der Waals surface area contributed by atoms with Crippen LogP contribution >= 0.6 is 11.3 Å². The van der Waals surface area contributed by atoms with E-state index in [2.05, 4.69) is 27.4 Å². The quantitative estimate of drug-likeness (QED) is 0.772. The molecule has 0 bridgehead atoms. The Labute approximate surface area is 115 Å². The lowest BCUT2D eigenvalue weighted by atomic mass is 10.2. The van der Waals surface area contributed by atoms with E-state index in [0.717, 1.165) is 23.5 Å². The van der Waals surface area contributed by atoms with Crippen LogP contribution in [0.25, 0.3) is 0 Å². The standard InChI is InChI=1S/C12H17N5OS/c1-3-7-5-14-9(19-7)6-15-12(18)11-10(13)8(4-2)16-17-11/h5H,3-4,6,13H2,1-2H3,(H,15,18)(H,16,17). The van der Waals surface area contributed by atoms with Crippen LogP contribution in [0.3, 0.4) is 0 Å². The van der Waals surface area contributed by atoms with Crippen molar-refractivity contribution in [3.05, 3.63) is 27.5 Å². The third kappa shape index (κ3) is 2.93. The number of aromatic amines is 1. The zero-order valence-corrected chi connectivity index (χ0v) is 11.8. The third-order valence-electron chi connectivity index (χ3n) is 2.80. The molecule has 102 valence electrons. The fourth-order valence-corrected chi connectivity index (χ4v) is 2.46. The van der Waals surface area contributed by atoms with Crippen molar-refractivity contribution >= 4 is 22.9 Å².